The van der Waals surface area contributed by atoms with Gasteiger partial charge in [0, 0.05) is 0 Å². The minimum absolute atomic E-state index is 0.0848. The van der Waals surface area contributed by atoms with Gasteiger partial charge in [0.25, 0.3) is 0 Å². The topological polar surface area (TPSA) is 75.6 Å². The lowest BCUT2D eigenvalue weighted by Crippen LogP contribution is -2.29. The van der Waals surface area contributed by atoms with Crippen molar-refractivity contribution >= 4 is 28.0 Å². The number of nitrogens with one attached hydrogen (secondary N) is 2. The molecule has 2 aromatic heterocycles. The lowest BCUT2D eigenvalue weighted by Gasteiger charge is -2.11. The van der Waals surface area contributed by atoms with Crippen LogP contribution >= 0.6 is 0 Å². The second-order valence-corrected chi connectivity index (χ2v) is 5.99. The first kappa shape index (κ1) is 17.1. The summed E-state index contributed by atoms with van der Waals surface area (Å²) < 4.78 is 40.7. The predicted octanol–water partition coefficient (Wildman–Crippen LogP) is 3.25. The van der Waals surface area contributed by atoms with Gasteiger partial charge in [-0.15, -0.1) is 0 Å². The molecule has 4 aromatic rings. The molecule has 6 nitrogen and oxygen atoms in total. The molecule has 27 heavy (non-hydrogen) atoms. The standard InChI is InChI=1S/C18H14F3N5O/c19-18(20,21)17-25-13-7-3-4-8-14(13)26(17)10-16(27)22-9-15-23-11-5-1-2-6-12(11)24-15/h1-8H,9-10H2,(H,22,27)(H,23,24). The van der Waals surface area contributed by atoms with E-state index in [4.69, 9.17) is 0 Å². The first-order valence-corrected chi connectivity index (χ1v) is 8.14. The molecule has 9 heteroatoms. The second-order valence-electron chi connectivity index (χ2n) is 5.99. The lowest BCUT2D eigenvalue weighted by molar-refractivity contribution is -0.147. The van der Waals surface area contributed by atoms with Crippen LogP contribution in [0.3, 0.4) is 0 Å². The Kier molecular flexibility index (Phi) is 4.06. The number of benzene rings is 2. The summed E-state index contributed by atoms with van der Waals surface area (Å²) in [6.07, 6.45) is -4.65. The Hall–Kier alpha value is -3.36. The fourth-order valence-electron chi connectivity index (χ4n) is 2.92. The van der Waals surface area contributed by atoms with Crippen LogP contribution in [0.15, 0.2) is 48.5 Å². The highest BCUT2D eigenvalue weighted by atomic mass is 19.4. The van der Waals surface area contributed by atoms with Crippen LogP contribution in [0, 0.1) is 0 Å². The van der Waals surface area contributed by atoms with E-state index in [2.05, 4.69) is 20.3 Å². The summed E-state index contributed by atoms with van der Waals surface area (Å²) in [5, 5.41) is 2.59. The zero-order valence-corrected chi connectivity index (χ0v) is 13.9. The Bertz CT molecular complexity index is 1100. The highest BCUT2D eigenvalue weighted by Crippen LogP contribution is 2.31. The smallest absolute Gasteiger partial charge is 0.347 e. The second kappa shape index (κ2) is 6.42. The molecule has 0 aliphatic heterocycles. The number of para-hydroxylation sites is 4. The molecule has 0 atom stereocenters. The maximum Gasteiger partial charge on any atom is 0.449 e. The predicted molar refractivity (Wildman–Crippen MR) is 92.7 cm³/mol. The van der Waals surface area contributed by atoms with Crippen LogP contribution in [0.5, 0.6) is 0 Å². The van der Waals surface area contributed by atoms with Crippen molar-refractivity contribution in [2.24, 2.45) is 0 Å². The molecule has 4 rings (SSSR count). The number of nitrogens with zero attached hydrogens (tertiary/aromatic N) is 3. The highest BCUT2D eigenvalue weighted by Gasteiger charge is 2.37. The maximum atomic E-state index is 13.3. The molecule has 2 N–H and O–H groups in total. The number of aromatic amines is 1. The SMILES string of the molecule is O=C(Cn1c(C(F)(F)F)nc2ccccc21)NCc1nc2ccccc2[nH]1. The van der Waals surface area contributed by atoms with Crippen LogP contribution < -0.4 is 5.32 Å². The van der Waals surface area contributed by atoms with Crippen molar-refractivity contribution in [3.63, 3.8) is 0 Å². The van der Waals surface area contributed by atoms with Gasteiger partial charge in [0.2, 0.25) is 11.7 Å². The maximum absolute atomic E-state index is 13.3. The van der Waals surface area contributed by atoms with E-state index >= 15 is 0 Å². The van der Waals surface area contributed by atoms with Crippen molar-refractivity contribution in [2.45, 2.75) is 19.3 Å². The quantitative estimate of drug-likeness (QED) is 0.577. The highest BCUT2D eigenvalue weighted by molar-refractivity contribution is 5.81. The van der Waals surface area contributed by atoms with E-state index in [0.29, 0.717) is 5.82 Å². The van der Waals surface area contributed by atoms with Gasteiger partial charge >= 0.3 is 6.18 Å². The van der Waals surface area contributed by atoms with Gasteiger partial charge in [-0.3, -0.25) is 4.79 Å². The van der Waals surface area contributed by atoms with E-state index in [0.717, 1.165) is 15.6 Å². The summed E-state index contributed by atoms with van der Waals surface area (Å²) in [6.45, 7) is -0.406. The van der Waals surface area contributed by atoms with Crippen LogP contribution in [0.25, 0.3) is 22.1 Å². The average Bonchev–Trinajstić information content (AvgIpc) is 3.21. The molecule has 0 saturated heterocycles. The number of hydrogen-bond acceptors (Lipinski definition) is 3. The van der Waals surface area contributed by atoms with E-state index in [1.807, 2.05) is 24.3 Å². The Balaban J connectivity index is 1.54. The van der Waals surface area contributed by atoms with Crippen LogP contribution in [-0.2, 0) is 24.1 Å². The summed E-state index contributed by atoms with van der Waals surface area (Å²) in [7, 11) is 0. The van der Waals surface area contributed by atoms with Crippen molar-refractivity contribution in [2.75, 3.05) is 0 Å². The number of alkyl halides is 3. The van der Waals surface area contributed by atoms with Crippen molar-refractivity contribution in [3.05, 3.63) is 60.2 Å². The van der Waals surface area contributed by atoms with Crippen molar-refractivity contribution in [1.29, 1.82) is 0 Å². The molecule has 0 bridgehead atoms. The summed E-state index contributed by atoms with van der Waals surface area (Å²) in [5.74, 6) is -1.14. The molecule has 1 amide bonds. The van der Waals surface area contributed by atoms with Gasteiger partial charge in [-0.05, 0) is 24.3 Å². The van der Waals surface area contributed by atoms with Crippen LogP contribution in [0.1, 0.15) is 11.6 Å². The molecular weight excluding hydrogens is 359 g/mol. The Morgan fingerprint density at radius 3 is 2.48 bits per heavy atom. The van der Waals surface area contributed by atoms with Gasteiger partial charge in [-0.2, -0.15) is 13.2 Å². The third-order valence-corrected chi connectivity index (χ3v) is 4.10. The fourth-order valence-corrected chi connectivity index (χ4v) is 2.92. The van der Waals surface area contributed by atoms with Crippen LogP contribution in [0.4, 0.5) is 13.2 Å². The van der Waals surface area contributed by atoms with E-state index in [9.17, 15) is 18.0 Å². The largest absolute Gasteiger partial charge is 0.449 e. The van der Waals surface area contributed by atoms with Gasteiger partial charge in [0.15, 0.2) is 0 Å². The number of carbonyl (C=O) groups excluding carboxylic acids is 1. The molecule has 0 radical (unpaired) electrons. The molecule has 0 unspecified atom stereocenters. The van der Waals surface area contributed by atoms with Crippen molar-refractivity contribution < 1.29 is 18.0 Å². The van der Waals surface area contributed by atoms with Gasteiger partial charge in [0.1, 0.15) is 12.4 Å². The Morgan fingerprint density at radius 2 is 1.74 bits per heavy atom. The Labute approximate surface area is 151 Å². The summed E-state index contributed by atoms with van der Waals surface area (Å²) in [6, 6.07) is 13.6. The van der Waals surface area contributed by atoms with Crippen LogP contribution in [0.2, 0.25) is 0 Å². The molecule has 0 saturated carbocycles. The third-order valence-electron chi connectivity index (χ3n) is 4.10. The summed E-state index contributed by atoms with van der Waals surface area (Å²) in [4.78, 5) is 23.2. The molecule has 138 valence electrons. The van der Waals surface area contributed by atoms with Gasteiger partial charge in [0.05, 0.1) is 28.6 Å². The lowest BCUT2D eigenvalue weighted by atomic mass is 10.3. The molecule has 2 aromatic carbocycles. The number of H-pyrrole nitrogens is 1. The fraction of sp³-hybridized carbons (Fsp3) is 0.167. The van der Waals surface area contributed by atoms with E-state index in [1.165, 1.54) is 12.1 Å². The molecule has 2 heterocycles. The zero-order chi connectivity index (χ0) is 19.0. The average molecular weight is 373 g/mol. The number of carbonyl (C=O) groups is 1. The van der Waals surface area contributed by atoms with Gasteiger partial charge < -0.3 is 14.9 Å². The number of aromatic nitrogens is 4. The van der Waals surface area contributed by atoms with Crippen LogP contribution in [-0.4, -0.2) is 25.4 Å². The number of rotatable bonds is 4. The number of amides is 1. The molecule has 0 spiro atoms. The third kappa shape index (κ3) is 3.35. The van der Waals surface area contributed by atoms with E-state index in [1.54, 1.807) is 12.1 Å². The number of halogens is 3. The minimum atomic E-state index is -4.65. The first-order chi connectivity index (χ1) is 12.9. The van der Waals surface area contributed by atoms with E-state index < -0.39 is 24.5 Å². The van der Waals surface area contributed by atoms with Gasteiger partial charge in [-0.25, -0.2) is 9.97 Å². The monoisotopic (exact) mass is 373 g/mol. The van der Waals surface area contributed by atoms with Crippen molar-refractivity contribution in [3.8, 4) is 0 Å². The molecular formula is C18H14F3N5O. The normalized spacial score (nSPS) is 12.0. The van der Waals surface area contributed by atoms with Crippen molar-refractivity contribution in [1.82, 2.24) is 24.8 Å². The minimum Gasteiger partial charge on any atom is -0.347 e. The molecule has 0 fully saturated rings. The Morgan fingerprint density at radius 1 is 1.04 bits per heavy atom. The summed E-state index contributed by atoms with van der Waals surface area (Å²) in [5.41, 5.74) is 2.02. The zero-order valence-electron chi connectivity index (χ0n) is 13.9. The summed E-state index contributed by atoms with van der Waals surface area (Å²) >= 11 is 0. The number of imidazole rings is 2. The number of hydrogen-bond donors (Lipinski definition) is 2. The first-order valence-electron chi connectivity index (χ1n) is 8.14. The molecule has 0 aliphatic carbocycles. The number of fused-ring (bicyclic) bond motifs is 2. The van der Waals surface area contributed by atoms with Gasteiger partial charge in [-0.1, -0.05) is 24.3 Å². The molecule has 0 aliphatic rings. The van der Waals surface area contributed by atoms with E-state index in [-0.39, 0.29) is 17.6 Å².